The molecule has 2 amide bonds. The number of benzene rings is 1. The molecule has 1 unspecified atom stereocenters. The lowest BCUT2D eigenvalue weighted by molar-refractivity contribution is -0.146. The number of carbonyl (C=O) groups excluding carboxylic acids is 2. The van der Waals surface area contributed by atoms with E-state index in [0.717, 1.165) is 0 Å². The summed E-state index contributed by atoms with van der Waals surface area (Å²) in [5.74, 6) is -4.47. The molecule has 1 fully saturated rings. The minimum absolute atomic E-state index is 0.00761. The third kappa shape index (κ3) is 5.91. The molecule has 0 spiro atoms. The van der Waals surface area contributed by atoms with Crippen LogP contribution in [0.3, 0.4) is 0 Å². The van der Waals surface area contributed by atoms with Crippen LogP contribution in [-0.4, -0.2) is 65.6 Å². The van der Waals surface area contributed by atoms with Crippen LogP contribution in [-0.2, 0) is 30.9 Å². The fraction of sp³-hybridized carbons (Fsp3) is 0.429. The standard InChI is InChI=1S/C21H25N3O9S/c1-11-14-3-2-13(22)8-17(14)33-21(29)15(11)9-18(25)23-16(10-34(30,31)32)19(26)24-6-4-12(5-7-24)20(27)28/h2-3,8,12,16H,4-7,9-10,22H2,1H3,(H,23,25)(H,27,28)(H,30,31,32)/p-1. The Labute approximate surface area is 194 Å². The van der Waals surface area contributed by atoms with E-state index in [1.165, 1.54) is 11.0 Å². The monoisotopic (exact) mass is 494 g/mol. The van der Waals surface area contributed by atoms with Crippen LogP contribution in [0.25, 0.3) is 11.0 Å². The second-order valence-electron chi connectivity index (χ2n) is 8.21. The second kappa shape index (κ2) is 9.81. The average Bonchev–Trinajstić information content (AvgIpc) is 2.74. The van der Waals surface area contributed by atoms with Crippen LogP contribution < -0.4 is 16.7 Å². The number of anilines is 1. The van der Waals surface area contributed by atoms with E-state index in [4.69, 9.17) is 15.3 Å². The van der Waals surface area contributed by atoms with Gasteiger partial charge in [-0.05, 0) is 37.5 Å². The topological polar surface area (TPSA) is 200 Å². The van der Waals surface area contributed by atoms with Gasteiger partial charge in [0.2, 0.25) is 11.8 Å². The smallest absolute Gasteiger partial charge is 0.340 e. The zero-order valence-corrected chi connectivity index (χ0v) is 19.1. The number of rotatable bonds is 7. The van der Waals surface area contributed by atoms with Crippen molar-refractivity contribution in [2.75, 3.05) is 24.6 Å². The zero-order chi connectivity index (χ0) is 25.2. The van der Waals surface area contributed by atoms with Gasteiger partial charge in [0.05, 0.1) is 33.8 Å². The van der Waals surface area contributed by atoms with Crippen LogP contribution in [0.4, 0.5) is 5.69 Å². The lowest BCUT2D eigenvalue weighted by atomic mass is 9.96. The molecule has 4 N–H and O–H groups in total. The first kappa shape index (κ1) is 25.2. The van der Waals surface area contributed by atoms with Crippen molar-refractivity contribution < 1.29 is 36.9 Å². The number of likely N-dealkylation sites (tertiary alicyclic amines) is 1. The Bertz CT molecular complexity index is 1290. The predicted molar refractivity (Wildman–Crippen MR) is 119 cm³/mol. The summed E-state index contributed by atoms with van der Waals surface area (Å²) in [5, 5.41) is 11.9. The van der Waals surface area contributed by atoms with E-state index in [-0.39, 0.29) is 37.1 Å². The number of amides is 2. The summed E-state index contributed by atoms with van der Waals surface area (Å²) in [5.41, 5.74) is 5.99. The van der Waals surface area contributed by atoms with Gasteiger partial charge in [-0.25, -0.2) is 13.2 Å². The first-order valence-electron chi connectivity index (χ1n) is 10.4. The van der Waals surface area contributed by atoms with Gasteiger partial charge in [-0.15, -0.1) is 0 Å². The molecule has 1 aromatic carbocycles. The molecule has 2 heterocycles. The normalized spacial score (nSPS) is 15.8. The van der Waals surface area contributed by atoms with Crippen molar-refractivity contribution in [1.82, 2.24) is 10.2 Å². The number of hydrogen-bond acceptors (Lipinski definition) is 9. The fourth-order valence-corrected chi connectivity index (χ4v) is 4.60. The second-order valence-corrected chi connectivity index (χ2v) is 9.66. The highest BCUT2D eigenvalue weighted by atomic mass is 32.2. The third-order valence-corrected chi connectivity index (χ3v) is 6.55. The summed E-state index contributed by atoms with van der Waals surface area (Å²) in [4.78, 5) is 50.3. The maximum Gasteiger partial charge on any atom is 0.340 e. The van der Waals surface area contributed by atoms with Crippen LogP contribution in [0.5, 0.6) is 0 Å². The first-order chi connectivity index (χ1) is 15.9. The van der Waals surface area contributed by atoms with Crippen LogP contribution in [0, 0.1) is 12.8 Å². The number of aryl methyl sites for hydroxylation is 1. The van der Waals surface area contributed by atoms with Gasteiger partial charge in [0.15, 0.2) is 0 Å². The molecule has 0 radical (unpaired) electrons. The summed E-state index contributed by atoms with van der Waals surface area (Å²) >= 11 is 0. The molecule has 2 aromatic rings. The minimum atomic E-state index is -4.90. The van der Waals surface area contributed by atoms with Gasteiger partial charge < -0.3 is 30.0 Å². The van der Waals surface area contributed by atoms with E-state index in [2.05, 4.69) is 5.32 Å². The quantitative estimate of drug-likeness (QED) is 0.258. The van der Waals surface area contributed by atoms with E-state index in [1.807, 2.05) is 0 Å². The number of piperidine rings is 1. The van der Waals surface area contributed by atoms with Crippen molar-refractivity contribution in [3.63, 3.8) is 0 Å². The SMILES string of the molecule is Cc1c(CC(=O)NC(CS(=O)(=O)[O-])C(=O)N2CCC(C(=O)O)CC2)c(=O)oc2cc(N)ccc12. The van der Waals surface area contributed by atoms with E-state index in [1.54, 1.807) is 19.1 Å². The highest BCUT2D eigenvalue weighted by molar-refractivity contribution is 7.85. The number of carbonyl (C=O) groups is 3. The molecular formula is C21H24N3O9S-. The molecule has 0 bridgehead atoms. The molecule has 0 aliphatic carbocycles. The van der Waals surface area contributed by atoms with Crippen molar-refractivity contribution >= 4 is 44.6 Å². The Morgan fingerprint density at radius 1 is 1.29 bits per heavy atom. The molecular weight excluding hydrogens is 470 g/mol. The highest BCUT2D eigenvalue weighted by Gasteiger charge is 2.32. The highest BCUT2D eigenvalue weighted by Crippen LogP contribution is 2.22. The summed E-state index contributed by atoms with van der Waals surface area (Å²) in [7, 11) is -4.90. The number of nitrogen functional groups attached to an aromatic ring is 1. The number of nitrogens with two attached hydrogens (primary N) is 1. The summed E-state index contributed by atoms with van der Waals surface area (Å²) < 4.78 is 39.3. The lowest BCUT2D eigenvalue weighted by Gasteiger charge is -2.33. The van der Waals surface area contributed by atoms with Gasteiger partial charge in [-0.2, -0.15) is 0 Å². The Morgan fingerprint density at radius 3 is 2.53 bits per heavy atom. The summed E-state index contributed by atoms with van der Waals surface area (Å²) in [6, 6.07) is 3.01. The zero-order valence-electron chi connectivity index (χ0n) is 18.3. The lowest BCUT2D eigenvalue weighted by Crippen LogP contribution is -2.54. The van der Waals surface area contributed by atoms with Gasteiger partial charge in [0.25, 0.3) is 0 Å². The molecule has 184 valence electrons. The molecule has 1 saturated heterocycles. The van der Waals surface area contributed by atoms with Gasteiger partial charge in [0.1, 0.15) is 11.6 Å². The summed E-state index contributed by atoms with van der Waals surface area (Å²) in [6.45, 7) is 1.69. The molecule has 1 aromatic heterocycles. The maximum absolute atomic E-state index is 12.8. The van der Waals surface area contributed by atoms with Gasteiger partial charge in [0, 0.05) is 30.2 Å². The Balaban J connectivity index is 1.79. The average molecular weight is 495 g/mol. The van der Waals surface area contributed by atoms with Gasteiger partial charge >= 0.3 is 11.6 Å². The van der Waals surface area contributed by atoms with Crippen molar-refractivity contribution in [2.24, 2.45) is 5.92 Å². The van der Waals surface area contributed by atoms with Crippen molar-refractivity contribution in [1.29, 1.82) is 0 Å². The summed E-state index contributed by atoms with van der Waals surface area (Å²) in [6.07, 6.45) is -0.195. The number of nitrogens with one attached hydrogen (secondary N) is 1. The van der Waals surface area contributed by atoms with E-state index >= 15 is 0 Å². The molecule has 1 aliphatic heterocycles. The maximum atomic E-state index is 12.8. The molecule has 1 aliphatic rings. The Hall–Kier alpha value is -3.45. The van der Waals surface area contributed by atoms with E-state index in [9.17, 15) is 32.1 Å². The Kier molecular flexibility index (Phi) is 7.26. The molecule has 3 rings (SSSR count). The van der Waals surface area contributed by atoms with Crippen molar-refractivity contribution in [3.8, 4) is 0 Å². The molecule has 1 atom stereocenters. The minimum Gasteiger partial charge on any atom is -0.748 e. The van der Waals surface area contributed by atoms with Crippen molar-refractivity contribution in [2.45, 2.75) is 32.2 Å². The first-order valence-corrected chi connectivity index (χ1v) is 12.0. The predicted octanol–water partition coefficient (Wildman–Crippen LogP) is -0.421. The number of nitrogens with zero attached hydrogens (tertiary/aromatic N) is 1. The number of carboxylic acid groups (broad SMARTS) is 1. The third-order valence-electron chi connectivity index (χ3n) is 5.81. The van der Waals surface area contributed by atoms with E-state index in [0.29, 0.717) is 16.6 Å². The molecule has 13 heteroatoms. The van der Waals surface area contributed by atoms with Crippen molar-refractivity contribution in [3.05, 3.63) is 39.7 Å². The number of aliphatic carboxylic acids is 1. The van der Waals surface area contributed by atoms with Crippen LogP contribution >= 0.6 is 0 Å². The van der Waals surface area contributed by atoms with Gasteiger partial charge in [-0.1, -0.05) is 0 Å². The van der Waals surface area contributed by atoms with E-state index < -0.39 is 57.7 Å². The number of hydrogen-bond donors (Lipinski definition) is 3. The largest absolute Gasteiger partial charge is 0.748 e. The molecule has 12 nitrogen and oxygen atoms in total. The number of carboxylic acids is 1. The fourth-order valence-electron chi connectivity index (χ4n) is 3.97. The number of fused-ring (bicyclic) bond motifs is 1. The van der Waals surface area contributed by atoms with Crippen LogP contribution in [0.1, 0.15) is 24.0 Å². The van der Waals surface area contributed by atoms with Crippen LogP contribution in [0.2, 0.25) is 0 Å². The van der Waals surface area contributed by atoms with Crippen LogP contribution in [0.15, 0.2) is 27.4 Å². The molecule has 0 saturated carbocycles. The molecule has 34 heavy (non-hydrogen) atoms. The Morgan fingerprint density at radius 2 is 1.94 bits per heavy atom. The van der Waals surface area contributed by atoms with Gasteiger partial charge in [-0.3, -0.25) is 14.4 Å².